The Kier molecular flexibility index (Phi) is 5.86. The number of anilines is 2. The van der Waals surface area contributed by atoms with Crippen LogP contribution in [-0.2, 0) is 4.79 Å². The number of methoxy groups -OCH3 is 1. The Morgan fingerprint density at radius 1 is 1.30 bits per heavy atom. The van der Waals surface area contributed by atoms with E-state index < -0.39 is 0 Å². The van der Waals surface area contributed by atoms with Crippen LogP contribution in [0.25, 0.3) is 0 Å². The maximum absolute atomic E-state index is 12.8. The van der Waals surface area contributed by atoms with Gasteiger partial charge >= 0.3 is 0 Å². The predicted octanol–water partition coefficient (Wildman–Crippen LogP) is 4.13. The Labute approximate surface area is 163 Å². The summed E-state index contributed by atoms with van der Waals surface area (Å²) >= 11 is 6.26. The zero-order valence-electron chi connectivity index (χ0n) is 15.3. The molecule has 1 fully saturated rings. The lowest BCUT2D eigenvalue weighted by atomic mass is 10.1. The standard InChI is InChI=1S/C20H21ClN2O4/c1-3-27-19-14(21)11-13(12-17(19)26-2)20(25)22-15-7-4-5-8-16(15)23-10-6-9-18(23)24/h4-5,7-8,11-12H,3,6,9-10H2,1-2H3,(H,22,25). The summed E-state index contributed by atoms with van der Waals surface area (Å²) in [5, 5.41) is 3.16. The van der Waals surface area contributed by atoms with Crippen molar-refractivity contribution < 1.29 is 19.1 Å². The minimum Gasteiger partial charge on any atom is -0.493 e. The number of rotatable bonds is 6. The van der Waals surface area contributed by atoms with E-state index in [0.717, 1.165) is 6.42 Å². The molecule has 6 nitrogen and oxygen atoms in total. The van der Waals surface area contributed by atoms with Gasteiger partial charge in [0.1, 0.15) is 0 Å². The highest BCUT2D eigenvalue weighted by Crippen LogP contribution is 2.37. The second kappa shape index (κ2) is 8.31. The summed E-state index contributed by atoms with van der Waals surface area (Å²) < 4.78 is 10.8. The Balaban J connectivity index is 1.88. The van der Waals surface area contributed by atoms with Crippen LogP contribution in [0.5, 0.6) is 11.5 Å². The summed E-state index contributed by atoms with van der Waals surface area (Å²) in [6.07, 6.45) is 1.33. The second-order valence-electron chi connectivity index (χ2n) is 6.04. The first-order valence-electron chi connectivity index (χ1n) is 8.76. The largest absolute Gasteiger partial charge is 0.493 e. The smallest absolute Gasteiger partial charge is 0.255 e. The van der Waals surface area contributed by atoms with Gasteiger partial charge < -0.3 is 19.7 Å². The number of hydrogen-bond acceptors (Lipinski definition) is 4. The molecule has 1 N–H and O–H groups in total. The van der Waals surface area contributed by atoms with Crippen molar-refractivity contribution in [3.8, 4) is 11.5 Å². The zero-order valence-corrected chi connectivity index (χ0v) is 16.0. The molecule has 0 radical (unpaired) electrons. The summed E-state index contributed by atoms with van der Waals surface area (Å²) in [4.78, 5) is 26.6. The summed E-state index contributed by atoms with van der Waals surface area (Å²) in [5.74, 6) is 0.499. The maximum atomic E-state index is 12.8. The van der Waals surface area contributed by atoms with E-state index in [1.54, 1.807) is 17.0 Å². The van der Waals surface area contributed by atoms with Gasteiger partial charge in [-0.2, -0.15) is 0 Å². The molecule has 7 heteroatoms. The van der Waals surface area contributed by atoms with E-state index in [1.807, 2.05) is 25.1 Å². The average Bonchev–Trinajstić information content (AvgIpc) is 3.09. The number of carbonyl (C=O) groups excluding carboxylic acids is 2. The second-order valence-corrected chi connectivity index (χ2v) is 6.45. The average molecular weight is 389 g/mol. The Morgan fingerprint density at radius 2 is 2.07 bits per heavy atom. The van der Waals surface area contributed by atoms with Gasteiger partial charge in [0.05, 0.1) is 30.1 Å². The van der Waals surface area contributed by atoms with Crippen molar-refractivity contribution in [1.82, 2.24) is 0 Å². The molecular formula is C20H21ClN2O4. The van der Waals surface area contributed by atoms with Crippen molar-refractivity contribution in [2.24, 2.45) is 0 Å². The number of carbonyl (C=O) groups is 2. The molecule has 142 valence electrons. The number of benzene rings is 2. The first kappa shape index (κ1) is 19.0. The van der Waals surface area contributed by atoms with Gasteiger partial charge in [0, 0.05) is 18.5 Å². The van der Waals surface area contributed by atoms with Crippen LogP contribution in [0, 0.1) is 0 Å². The lowest BCUT2D eigenvalue weighted by molar-refractivity contribution is -0.117. The van der Waals surface area contributed by atoms with Crippen LogP contribution >= 0.6 is 11.6 Å². The Bertz CT molecular complexity index is 869. The van der Waals surface area contributed by atoms with Crippen molar-refractivity contribution in [3.05, 3.63) is 47.0 Å². The molecule has 3 rings (SSSR count). The molecule has 1 aliphatic heterocycles. The highest BCUT2D eigenvalue weighted by Gasteiger charge is 2.24. The van der Waals surface area contributed by atoms with E-state index in [4.69, 9.17) is 21.1 Å². The first-order chi connectivity index (χ1) is 13.0. The van der Waals surface area contributed by atoms with Crippen LogP contribution in [0.4, 0.5) is 11.4 Å². The Morgan fingerprint density at radius 3 is 2.74 bits per heavy atom. The third-order valence-electron chi connectivity index (χ3n) is 4.30. The van der Waals surface area contributed by atoms with Crippen molar-refractivity contribution in [2.75, 3.05) is 30.5 Å². The molecule has 2 aromatic carbocycles. The molecule has 1 heterocycles. The van der Waals surface area contributed by atoms with E-state index in [9.17, 15) is 9.59 Å². The number of nitrogens with zero attached hydrogens (tertiary/aromatic N) is 1. The quantitative estimate of drug-likeness (QED) is 0.808. The molecule has 2 aromatic rings. The third-order valence-corrected chi connectivity index (χ3v) is 4.58. The highest BCUT2D eigenvalue weighted by atomic mass is 35.5. The van der Waals surface area contributed by atoms with Crippen molar-refractivity contribution >= 4 is 34.8 Å². The van der Waals surface area contributed by atoms with Gasteiger partial charge in [-0.1, -0.05) is 23.7 Å². The van der Waals surface area contributed by atoms with Gasteiger partial charge in [-0.05, 0) is 37.6 Å². The molecular weight excluding hydrogens is 368 g/mol. The molecule has 0 aromatic heterocycles. The number of ether oxygens (including phenoxy) is 2. The van der Waals surface area contributed by atoms with Crippen LogP contribution in [0.15, 0.2) is 36.4 Å². The fourth-order valence-electron chi connectivity index (χ4n) is 3.05. The van der Waals surface area contributed by atoms with Gasteiger partial charge in [0.2, 0.25) is 5.91 Å². The lowest BCUT2D eigenvalue weighted by Gasteiger charge is -2.20. The van der Waals surface area contributed by atoms with Crippen LogP contribution < -0.4 is 19.7 Å². The normalized spacial score (nSPS) is 13.6. The van der Waals surface area contributed by atoms with Gasteiger partial charge in [-0.15, -0.1) is 0 Å². The fourth-order valence-corrected chi connectivity index (χ4v) is 3.31. The molecule has 0 aliphatic carbocycles. The molecule has 1 aliphatic rings. The van der Waals surface area contributed by atoms with Crippen LogP contribution in [0.2, 0.25) is 5.02 Å². The molecule has 0 bridgehead atoms. The lowest BCUT2D eigenvalue weighted by Crippen LogP contribution is -2.25. The summed E-state index contributed by atoms with van der Waals surface area (Å²) in [6, 6.07) is 10.4. The molecule has 0 atom stereocenters. The molecule has 0 spiro atoms. The molecule has 2 amide bonds. The zero-order chi connectivity index (χ0) is 19.4. The Hall–Kier alpha value is -2.73. The summed E-state index contributed by atoms with van der Waals surface area (Å²) in [5.41, 5.74) is 1.60. The minimum absolute atomic E-state index is 0.0579. The molecule has 1 saturated heterocycles. The first-order valence-corrected chi connectivity index (χ1v) is 9.14. The minimum atomic E-state index is -0.350. The van der Waals surface area contributed by atoms with Gasteiger partial charge in [0.15, 0.2) is 11.5 Å². The predicted molar refractivity (Wildman–Crippen MR) is 105 cm³/mol. The number of halogens is 1. The van der Waals surface area contributed by atoms with E-state index in [-0.39, 0.29) is 11.8 Å². The fraction of sp³-hybridized carbons (Fsp3) is 0.300. The van der Waals surface area contributed by atoms with Crippen LogP contribution in [0.3, 0.4) is 0 Å². The van der Waals surface area contributed by atoms with E-state index >= 15 is 0 Å². The van der Waals surface area contributed by atoms with Gasteiger partial charge in [0.25, 0.3) is 5.91 Å². The van der Waals surface area contributed by atoms with E-state index in [0.29, 0.717) is 53.0 Å². The topological polar surface area (TPSA) is 67.9 Å². The molecule has 0 unspecified atom stereocenters. The monoisotopic (exact) mass is 388 g/mol. The highest BCUT2D eigenvalue weighted by molar-refractivity contribution is 6.32. The third kappa shape index (κ3) is 4.01. The van der Waals surface area contributed by atoms with Crippen molar-refractivity contribution in [1.29, 1.82) is 0 Å². The SMILES string of the molecule is CCOc1c(Cl)cc(C(=O)Nc2ccccc2N2CCCC2=O)cc1OC. The molecule has 27 heavy (non-hydrogen) atoms. The summed E-state index contributed by atoms with van der Waals surface area (Å²) in [7, 11) is 1.49. The van der Waals surface area contributed by atoms with E-state index in [1.165, 1.54) is 13.2 Å². The van der Waals surface area contributed by atoms with Crippen LogP contribution in [-0.4, -0.2) is 32.1 Å². The van der Waals surface area contributed by atoms with Gasteiger partial charge in [-0.3, -0.25) is 9.59 Å². The van der Waals surface area contributed by atoms with Crippen molar-refractivity contribution in [3.63, 3.8) is 0 Å². The maximum Gasteiger partial charge on any atom is 0.255 e. The molecule has 0 saturated carbocycles. The van der Waals surface area contributed by atoms with Crippen molar-refractivity contribution in [2.45, 2.75) is 19.8 Å². The number of amides is 2. The summed E-state index contributed by atoms with van der Waals surface area (Å²) in [6.45, 7) is 2.92. The van der Waals surface area contributed by atoms with Gasteiger partial charge in [-0.25, -0.2) is 0 Å². The number of para-hydroxylation sites is 2. The van der Waals surface area contributed by atoms with Crippen LogP contribution in [0.1, 0.15) is 30.1 Å². The number of hydrogen-bond donors (Lipinski definition) is 1. The number of nitrogens with one attached hydrogen (secondary N) is 1. The van der Waals surface area contributed by atoms with E-state index in [2.05, 4.69) is 5.32 Å².